The third kappa shape index (κ3) is 4.92. The van der Waals surface area contributed by atoms with Crippen molar-refractivity contribution in [3.8, 4) is 0 Å². The molecule has 1 aromatic carbocycles. The van der Waals surface area contributed by atoms with Crippen molar-refractivity contribution in [2.45, 2.75) is 33.0 Å². The van der Waals surface area contributed by atoms with Crippen LogP contribution in [0.4, 0.5) is 9.59 Å². The van der Waals surface area contributed by atoms with Gasteiger partial charge in [-0.15, -0.1) is 0 Å². The highest BCUT2D eigenvalue weighted by Crippen LogP contribution is 2.44. The van der Waals surface area contributed by atoms with Gasteiger partial charge in [0.25, 0.3) is 0 Å². The van der Waals surface area contributed by atoms with Crippen LogP contribution in [0.1, 0.15) is 26.3 Å². The van der Waals surface area contributed by atoms with Crippen LogP contribution < -0.4 is 0 Å². The maximum Gasteiger partial charge on any atom is 0.410 e. The molecule has 0 bridgehead atoms. The molecule has 1 unspecified atom stereocenters. The minimum absolute atomic E-state index is 0.0265. The molecule has 0 aromatic heterocycles. The summed E-state index contributed by atoms with van der Waals surface area (Å²) in [5.74, 6) is -0.0265. The highest BCUT2D eigenvalue weighted by molar-refractivity contribution is 5.71. The van der Waals surface area contributed by atoms with Crippen molar-refractivity contribution in [3.05, 3.63) is 46.3 Å². The van der Waals surface area contributed by atoms with Gasteiger partial charge in [-0.2, -0.15) is 0 Å². The second kappa shape index (κ2) is 8.21. The number of nitrogens with zero attached hydrogens (tertiary/aromatic N) is 5. The topological polar surface area (TPSA) is 108 Å². The fourth-order valence-electron chi connectivity index (χ4n) is 3.90. The molecule has 1 spiro atoms. The second-order valence-corrected chi connectivity index (χ2v) is 8.73. The van der Waals surface area contributed by atoms with Crippen molar-refractivity contribution < 1.29 is 19.1 Å². The molecule has 29 heavy (non-hydrogen) atoms. The summed E-state index contributed by atoms with van der Waals surface area (Å²) < 4.78 is 10.9. The minimum Gasteiger partial charge on any atom is -0.445 e. The van der Waals surface area contributed by atoms with Crippen molar-refractivity contribution in [2.24, 2.45) is 16.4 Å². The van der Waals surface area contributed by atoms with E-state index in [4.69, 9.17) is 15.0 Å². The van der Waals surface area contributed by atoms with E-state index < -0.39 is 11.7 Å². The molecule has 1 aromatic rings. The summed E-state index contributed by atoms with van der Waals surface area (Å²) in [4.78, 5) is 31.0. The molecular formula is C20H27N5O4. The van der Waals surface area contributed by atoms with Gasteiger partial charge in [0.15, 0.2) is 0 Å². The average Bonchev–Trinajstić information content (AvgIpc) is 3.02. The summed E-state index contributed by atoms with van der Waals surface area (Å²) in [5, 5.41) is 3.71. The summed E-state index contributed by atoms with van der Waals surface area (Å²) >= 11 is 0. The average molecular weight is 401 g/mol. The minimum atomic E-state index is -0.562. The number of ether oxygens (including phenoxy) is 2. The number of hydrogen-bond acceptors (Lipinski definition) is 5. The molecule has 9 heteroatoms. The number of carbonyl (C=O) groups excluding carboxylic acids is 2. The van der Waals surface area contributed by atoms with Crippen LogP contribution in [0.2, 0.25) is 0 Å². The predicted molar refractivity (Wildman–Crippen MR) is 106 cm³/mol. The molecule has 2 heterocycles. The van der Waals surface area contributed by atoms with E-state index in [0.29, 0.717) is 26.2 Å². The molecule has 0 radical (unpaired) electrons. The first-order valence-electron chi connectivity index (χ1n) is 9.67. The molecule has 0 N–H and O–H groups in total. The monoisotopic (exact) mass is 401 g/mol. The fraction of sp³-hybridized carbons (Fsp3) is 0.600. The molecule has 2 fully saturated rings. The Kier molecular flexibility index (Phi) is 5.88. The zero-order valence-corrected chi connectivity index (χ0v) is 17.1. The van der Waals surface area contributed by atoms with Crippen LogP contribution in [0.5, 0.6) is 0 Å². The predicted octanol–water partition coefficient (Wildman–Crippen LogP) is 3.80. The van der Waals surface area contributed by atoms with E-state index in [0.717, 1.165) is 5.56 Å². The van der Waals surface area contributed by atoms with Crippen molar-refractivity contribution >= 4 is 12.2 Å². The van der Waals surface area contributed by atoms with E-state index >= 15 is 0 Å². The SMILES string of the molecule is CC(C)(C)OC(=O)N1CC2(CN(C(=O)OCc3ccccc3)CC2CN=[N+]=[N-])C1. The fourth-order valence-corrected chi connectivity index (χ4v) is 3.90. The third-order valence-corrected chi connectivity index (χ3v) is 5.30. The lowest BCUT2D eigenvalue weighted by atomic mass is 9.72. The maximum atomic E-state index is 12.6. The van der Waals surface area contributed by atoms with Gasteiger partial charge in [-0.1, -0.05) is 35.4 Å². The Morgan fingerprint density at radius 2 is 1.83 bits per heavy atom. The Bertz CT molecular complexity index is 795. The molecule has 2 saturated heterocycles. The lowest BCUT2D eigenvalue weighted by Gasteiger charge is -2.50. The molecular weight excluding hydrogens is 374 g/mol. The molecule has 9 nitrogen and oxygen atoms in total. The van der Waals surface area contributed by atoms with Gasteiger partial charge in [0.05, 0.1) is 0 Å². The van der Waals surface area contributed by atoms with E-state index in [1.807, 2.05) is 51.1 Å². The quantitative estimate of drug-likeness (QED) is 0.434. The van der Waals surface area contributed by atoms with E-state index in [9.17, 15) is 9.59 Å². The van der Waals surface area contributed by atoms with E-state index in [-0.39, 0.29) is 30.6 Å². The van der Waals surface area contributed by atoms with Crippen LogP contribution in [0, 0.1) is 11.3 Å². The lowest BCUT2D eigenvalue weighted by molar-refractivity contribution is -0.0439. The van der Waals surface area contributed by atoms with Gasteiger partial charge in [-0.05, 0) is 37.8 Å². The summed E-state index contributed by atoms with van der Waals surface area (Å²) in [7, 11) is 0. The van der Waals surface area contributed by atoms with Gasteiger partial charge < -0.3 is 19.3 Å². The summed E-state index contributed by atoms with van der Waals surface area (Å²) in [5.41, 5.74) is 8.77. The second-order valence-electron chi connectivity index (χ2n) is 8.73. The largest absolute Gasteiger partial charge is 0.445 e. The van der Waals surface area contributed by atoms with Gasteiger partial charge >= 0.3 is 12.2 Å². The first-order valence-corrected chi connectivity index (χ1v) is 9.67. The summed E-state index contributed by atoms with van der Waals surface area (Å²) in [6, 6.07) is 9.48. The summed E-state index contributed by atoms with van der Waals surface area (Å²) in [6.07, 6.45) is -0.761. The van der Waals surface area contributed by atoms with Crippen LogP contribution in [-0.2, 0) is 16.1 Å². The first-order chi connectivity index (χ1) is 13.7. The third-order valence-electron chi connectivity index (χ3n) is 5.30. The van der Waals surface area contributed by atoms with Gasteiger partial charge in [-0.25, -0.2) is 9.59 Å². The zero-order chi connectivity index (χ0) is 21.1. The smallest absolute Gasteiger partial charge is 0.410 e. The highest BCUT2D eigenvalue weighted by atomic mass is 16.6. The van der Waals surface area contributed by atoms with Gasteiger partial charge in [0, 0.05) is 43.1 Å². The Labute approximate surface area is 170 Å². The van der Waals surface area contributed by atoms with Crippen LogP contribution in [0.15, 0.2) is 35.4 Å². The molecule has 2 aliphatic heterocycles. The van der Waals surface area contributed by atoms with Crippen molar-refractivity contribution in [1.29, 1.82) is 0 Å². The standard InChI is InChI=1S/C20H27N5O4/c1-19(2,3)29-18(27)25-13-20(14-25)12-24(10-16(20)9-22-23-21)17(26)28-11-15-7-5-4-6-8-15/h4-8,16H,9-14H2,1-3H3. The number of rotatable bonds is 4. The number of likely N-dealkylation sites (tertiary alicyclic amines) is 2. The molecule has 1 atom stereocenters. The van der Waals surface area contributed by atoms with E-state index in [1.54, 1.807) is 9.80 Å². The zero-order valence-electron chi connectivity index (χ0n) is 17.1. The molecule has 2 aliphatic rings. The highest BCUT2D eigenvalue weighted by Gasteiger charge is 2.56. The Balaban J connectivity index is 1.61. The number of azide groups is 1. The van der Waals surface area contributed by atoms with Crippen LogP contribution in [-0.4, -0.2) is 60.3 Å². The van der Waals surface area contributed by atoms with Crippen LogP contribution in [0.3, 0.4) is 0 Å². The number of amides is 2. The van der Waals surface area contributed by atoms with E-state index in [2.05, 4.69) is 10.0 Å². The van der Waals surface area contributed by atoms with Gasteiger partial charge in [0.2, 0.25) is 0 Å². The van der Waals surface area contributed by atoms with Crippen molar-refractivity contribution in [2.75, 3.05) is 32.7 Å². The molecule has 156 valence electrons. The molecule has 0 saturated carbocycles. The molecule has 3 rings (SSSR count). The maximum absolute atomic E-state index is 12.6. The van der Waals surface area contributed by atoms with Crippen LogP contribution in [0.25, 0.3) is 10.4 Å². The Morgan fingerprint density at radius 3 is 2.45 bits per heavy atom. The van der Waals surface area contributed by atoms with Crippen LogP contribution >= 0.6 is 0 Å². The van der Waals surface area contributed by atoms with E-state index in [1.165, 1.54) is 0 Å². The van der Waals surface area contributed by atoms with Gasteiger partial charge in [0.1, 0.15) is 12.2 Å². The number of carbonyl (C=O) groups is 2. The molecule has 2 amide bonds. The Morgan fingerprint density at radius 1 is 1.17 bits per heavy atom. The summed E-state index contributed by atoms with van der Waals surface area (Å²) in [6.45, 7) is 7.79. The lowest BCUT2D eigenvalue weighted by Crippen LogP contribution is -2.63. The van der Waals surface area contributed by atoms with Gasteiger partial charge in [-0.3, -0.25) is 0 Å². The number of hydrogen-bond donors (Lipinski definition) is 0. The normalized spacial score (nSPS) is 20.0. The Hall–Kier alpha value is -2.93. The van der Waals surface area contributed by atoms with Crippen molar-refractivity contribution in [1.82, 2.24) is 9.80 Å². The number of benzene rings is 1. The van der Waals surface area contributed by atoms with Crippen molar-refractivity contribution in [3.63, 3.8) is 0 Å². The molecule has 0 aliphatic carbocycles. The first kappa shape index (κ1) is 20.8.